The number of nitrogens with zero attached hydrogens (tertiary/aromatic N) is 1. The molecule has 4 nitrogen and oxygen atoms in total. The fourth-order valence-electron chi connectivity index (χ4n) is 1.19. The zero-order valence-electron chi connectivity index (χ0n) is 8.28. The molecule has 0 atom stereocenters. The number of alkyl halides is 2. The molecule has 0 saturated carbocycles. The zero-order valence-corrected chi connectivity index (χ0v) is 8.28. The van der Waals surface area contributed by atoms with Crippen LogP contribution < -0.4 is 0 Å². The Morgan fingerprint density at radius 2 is 2.29 bits per heavy atom. The molecule has 0 fully saturated rings. The molecule has 1 aromatic heterocycles. The van der Waals surface area contributed by atoms with Crippen LogP contribution >= 0.6 is 0 Å². The van der Waals surface area contributed by atoms with Crippen LogP contribution in [0, 0.1) is 0 Å². The Bertz CT molecular complexity index is 600. The van der Waals surface area contributed by atoms with E-state index in [1.165, 1.54) is 12.2 Å². The average Bonchev–Trinajstić information content (AvgIpc) is 2.80. The molecular formula is C11H5F2NO3. The molecule has 1 N–H and O–H groups in total. The van der Waals surface area contributed by atoms with Crippen LogP contribution in [0.2, 0.25) is 0 Å². The van der Waals surface area contributed by atoms with E-state index in [9.17, 15) is 13.6 Å². The van der Waals surface area contributed by atoms with Gasteiger partial charge < -0.3 is 9.63 Å². The molecule has 0 aliphatic heterocycles. The van der Waals surface area contributed by atoms with Crippen LogP contribution in [0.25, 0.3) is 0 Å². The number of carbonyl (C=O) groups is 1. The molecule has 1 aliphatic carbocycles. The number of hydrogen-bond acceptors (Lipinski definition) is 3. The van der Waals surface area contributed by atoms with Crippen molar-refractivity contribution in [1.29, 1.82) is 0 Å². The van der Waals surface area contributed by atoms with Gasteiger partial charge in [-0.25, -0.2) is 4.79 Å². The topological polar surface area (TPSA) is 63.3 Å². The van der Waals surface area contributed by atoms with Gasteiger partial charge in [0.05, 0.1) is 5.57 Å². The largest absolute Gasteiger partial charge is 0.476 e. The summed E-state index contributed by atoms with van der Waals surface area (Å²) in [7, 11) is 0. The third-order valence-corrected chi connectivity index (χ3v) is 2.03. The normalized spacial score (nSPS) is 13.9. The van der Waals surface area contributed by atoms with Crippen molar-refractivity contribution in [3.05, 3.63) is 52.8 Å². The first-order chi connectivity index (χ1) is 8.01. The third kappa shape index (κ3) is 1.95. The second-order valence-electron chi connectivity index (χ2n) is 3.16. The fourth-order valence-corrected chi connectivity index (χ4v) is 1.19. The standard InChI is InChI=1S/C11H5F2NO3/c12-11(13,7-4-2-1-3-5-7)9-6-8(10(15)16)14-17-9/h1-2,4,6H,(H,15,16). The van der Waals surface area contributed by atoms with E-state index in [4.69, 9.17) is 5.11 Å². The minimum Gasteiger partial charge on any atom is -0.476 e. The van der Waals surface area contributed by atoms with Crippen LogP contribution in [0.5, 0.6) is 0 Å². The lowest BCUT2D eigenvalue weighted by molar-refractivity contribution is 0.0124. The number of aromatic carboxylic acids is 1. The highest BCUT2D eigenvalue weighted by Gasteiger charge is 2.40. The van der Waals surface area contributed by atoms with Crippen molar-refractivity contribution in [2.24, 2.45) is 0 Å². The van der Waals surface area contributed by atoms with Crippen molar-refractivity contribution < 1.29 is 23.2 Å². The maximum atomic E-state index is 13.8. The fraction of sp³-hybridized carbons (Fsp3) is 0.0909. The molecule has 1 heterocycles. The number of carboxylic acid groups (broad SMARTS) is 1. The summed E-state index contributed by atoms with van der Waals surface area (Å²) in [5.41, 5.74) is 3.58. The monoisotopic (exact) mass is 237 g/mol. The second kappa shape index (κ2) is 3.87. The van der Waals surface area contributed by atoms with E-state index >= 15 is 0 Å². The van der Waals surface area contributed by atoms with E-state index < -0.39 is 28.9 Å². The van der Waals surface area contributed by atoms with Crippen LogP contribution in [-0.2, 0) is 5.92 Å². The zero-order chi connectivity index (χ0) is 12.5. The number of aromatic nitrogens is 1. The van der Waals surface area contributed by atoms with Crippen molar-refractivity contribution >= 4 is 5.97 Å². The molecule has 0 amide bonds. The Labute approximate surface area is 93.8 Å². The number of carboxylic acids is 1. The van der Waals surface area contributed by atoms with E-state index in [1.807, 2.05) is 0 Å². The molecule has 17 heavy (non-hydrogen) atoms. The van der Waals surface area contributed by atoms with Gasteiger partial charge in [0.25, 0.3) is 0 Å². The molecule has 0 radical (unpaired) electrons. The lowest BCUT2D eigenvalue weighted by Crippen LogP contribution is -2.14. The summed E-state index contributed by atoms with van der Waals surface area (Å²) >= 11 is 0. The minimum atomic E-state index is -3.49. The maximum Gasteiger partial charge on any atom is 0.358 e. The van der Waals surface area contributed by atoms with Gasteiger partial charge in [0.1, 0.15) is 0 Å². The first-order valence-electron chi connectivity index (χ1n) is 4.49. The predicted molar refractivity (Wildman–Crippen MR) is 51.6 cm³/mol. The summed E-state index contributed by atoms with van der Waals surface area (Å²) in [4.78, 5) is 10.5. The highest BCUT2D eigenvalue weighted by Crippen LogP contribution is 2.36. The van der Waals surface area contributed by atoms with Crippen LogP contribution in [-0.4, -0.2) is 16.2 Å². The quantitative estimate of drug-likeness (QED) is 0.819. The maximum absolute atomic E-state index is 13.8. The molecular weight excluding hydrogens is 232 g/mol. The molecule has 0 aromatic carbocycles. The molecule has 0 spiro atoms. The van der Waals surface area contributed by atoms with Gasteiger partial charge in [0.15, 0.2) is 5.69 Å². The Hall–Kier alpha value is -2.42. The van der Waals surface area contributed by atoms with Gasteiger partial charge in [-0.1, -0.05) is 22.7 Å². The molecule has 0 unspecified atom stereocenters. The van der Waals surface area contributed by atoms with Crippen LogP contribution in [0.3, 0.4) is 0 Å². The van der Waals surface area contributed by atoms with E-state index in [0.717, 1.165) is 6.08 Å². The molecule has 2 rings (SSSR count). The number of halogens is 2. The van der Waals surface area contributed by atoms with Crippen molar-refractivity contribution in [1.82, 2.24) is 5.16 Å². The van der Waals surface area contributed by atoms with E-state index in [1.54, 1.807) is 0 Å². The molecule has 0 saturated heterocycles. The molecule has 86 valence electrons. The SMILES string of the molecule is O=C(O)c1cc(C(F)(F)C2=C=C=CC=C2)on1. The van der Waals surface area contributed by atoms with Gasteiger partial charge in [0.2, 0.25) is 5.76 Å². The highest BCUT2D eigenvalue weighted by molar-refractivity contribution is 5.85. The Kier molecular flexibility index (Phi) is 2.52. The number of rotatable bonds is 3. The molecule has 1 aromatic rings. The van der Waals surface area contributed by atoms with E-state index in [0.29, 0.717) is 6.07 Å². The van der Waals surface area contributed by atoms with Crippen molar-refractivity contribution in [3.8, 4) is 0 Å². The Morgan fingerprint density at radius 1 is 1.53 bits per heavy atom. The van der Waals surface area contributed by atoms with Gasteiger partial charge in [-0.2, -0.15) is 8.78 Å². The summed E-state index contributed by atoms with van der Waals surface area (Å²) in [6, 6.07) is 0.684. The Balaban J connectivity index is 2.44. The van der Waals surface area contributed by atoms with Crippen LogP contribution in [0.4, 0.5) is 8.78 Å². The summed E-state index contributed by atoms with van der Waals surface area (Å²) in [5, 5.41) is 11.6. The summed E-state index contributed by atoms with van der Waals surface area (Å²) in [6.45, 7) is 0. The van der Waals surface area contributed by atoms with E-state index in [-0.39, 0.29) is 0 Å². The summed E-state index contributed by atoms with van der Waals surface area (Å²) in [6.07, 6.45) is 3.93. The first kappa shape index (κ1) is 11.1. The smallest absolute Gasteiger partial charge is 0.358 e. The lowest BCUT2D eigenvalue weighted by Gasteiger charge is -2.11. The highest BCUT2D eigenvalue weighted by atomic mass is 19.3. The summed E-state index contributed by atoms with van der Waals surface area (Å²) < 4.78 is 31.9. The number of hydrogen-bond donors (Lipinski definition) is 1. The van der Waals surface area contributed by atoms with Crippen molar-refractivity contribution in [2.45, 2.75) is 5.92 Å². The molecule has 1 aliphatic rings. The van der Waals surface area contributed by atoms with Crippen LogP contribution in [0.1, 0.15) is 16.2 Å². The van der Waals surface area contributed by atoms with Crippen molar-refractivity contribution in [3.63, 3.8) is 0 Å². The third-order valence-electron chi connectivity index (χ3n) is 2.03. The minimum absolute atomic E-state index is 0.465. The van der Waals surface area contributed by atoms with Gasteiger partial charge in [-0.15, -0.1) is 0 Å². The predicted octanol–water partition coefficient (Wildman–Crippen LogP) is 2.27. The van der Waals surface area contributed by atoms with E-state index in [2.05, 4.69) is 21.1 Å². The lowest BCUT2D eigenvalue weighted by atomic mass is 10.1. The molecule has 0 bridgehead atoms. The first-order valence-corrected chi connectivity index (χ1v) is 4.49. The molecule has 6 heteroatoms. The van der Waals surface area contributed by atoms with Gasteiger partial charge >= 0.3 is 11.9 Å². The van der Waals surface area contributed by atoms with Gasteiger partial charge in [-0.3, -0.25) is 0 Å². The van der Waals surface area contributed by atoms with Crippen molar-refractivity contribution in [2.75, 3.05) is 0 Å². The second-order valence-corrected chi connectivity index (χ2v) is 3.16. The summed E-state index contributed by atoms with van der Waals surface area (Å²) in [5.74, 6) is -5.76. The van der Waals surface area contributed by atoms with Crippen LogP contribution in [0.15, 0.2) is 45.9 Å². The van der Waals surface area contributed by atoms with Gasteiger partial charge in [-0.05, 0) is 12.2 Å². The Morgan fingerprint density at radius 3 is 2.82 bits per heavy atom. The number of allylic oxidation sites excluding steroid dienone is 4. The van der Waals surface area contributed by atoms with Gasteiger partial charge in [0, 0.05) is 6.07 Å². The average molecular weight is 237 g/mol.